The first kappa shape index (κ1) is 12.1. The molecule has 7 heteroatoms. The minimum atomic E-state index is -0.540. The zero-order valence-electron chi connectivity index (χ0n) is 9.06. The summed E-state index contributed by atoms with van der Waals surface area (Å²) in [7, 11) is 0. The van der Waals surface area contributed by atoms with Crippen LogP contribution >= 0.6 is 15.9 Å². The van der Waals surface area contributed by atoms with Gasteiger partial charge in [-0.05, 0) is 23.8 Å². The standard InChI is InChI=1S/C10H12BrN3O3/c11-7-3-5-13(6-4-7)10(15)8-1-2-9(12-8)14(16)17/h1-2,7,12H,3-6H2. The third-order valence-corrected chi connectivity index (χ3v) is 3.73. The minimum absolute atomic E-state index is 0.149. The van der Waals surface area contributed by atoms with Crippen molar-refractivity contribution in [2.45, 2.75) is 17.7 Å². The quantitative estimate of drug-likeness (QED) is 0.515. The first-order chi connectivity index (χ1) is 8.08. The largest absolute Gasteiger partial charge is 0.358 e. The Balaban J connectivity index is 2.06. The molecule has 17 heavy (non-hydrogen) atoms. The van der Waals surface area contributed by atoms with Crippen molar-refractivity contribution >= 4 is 27.7 Å². The molecule has 1 fully saturated rings. The molecule has 2 rings (SSSR count). The van der Waals surface area contributed by atoms with Crippen LogP contribution in [0.5, 0.6) is 0 Å². The van der Waals surface area contributed by atoms with E-state index >= 15 is 0 Å². The Morgan fingerprint density at radius 2 is 2.12 bits per heavy atom. The maximum atomic E-state index is 12.0. The fourth-order valence-electron chi connectivity index (χ4n) is 1.84. The Morgan fingerprint density at radius 1 is 1.47 bits per heavy atom. The van der Waals surface area contributed by atoms with Gasteiger partial charge in [0.15, 0.2) is 5.69 Å². The van der Waals surface area contributed by atoms with E-state index < -0.39 is 4.92 Å². The van der Waals surface area contributed by atoms with Crippen molar-refractivity contribution in [3.63, 3.8) is 0 Å². The molecule has 1 aromatic heterocycles. The molecule has 0 spiro atoms. The molecule has 0 atom stereocenters. The van der Waals surface area contributed by atoms with E-state index in [9.17, 15) is 14.9 Å². The van der Waals surface area contributed by atoms with Crippen LogP contribution in [-0.4, -0.2) is 38.6 Å². The van der Waals surface area contributed by atoms with Crippen molar-refractivity contribution in [1.82, 2.24) is 9.88 Å². The second kappa shape index (κ2) is 4.87. The average Bonchev–Trinajstić information content (AvgIpc) is 2.78. The van der Waals surface area contributed by atoms with Crippen LogP contribution in [0.4, 0.5) is 5.82 Å². The molecule has 1 aliphatic rings. The number of nitrogens with zero attached hydrogens (tertiary/aromatic N) is 2. The van der Waals surface area contributed by atoms with Crippen molar-refractivity contribution in [3.8, 4) is 0 Å². The molecule has 6 nitrogen and oxygen atoms in total. The number of carbonyl (C=O) groups excluding carboxylic acids is 1. The second-order valence-corrected chi connectivity index (χ2v) is 5.28. The van der Waals surface area contributed by atoms with Crippen LogP contribution < -0.4 is 0 Å². The fraction of sp³-hybridized carbons (Fsp3) is 0.500. The van der Waals surface area contributed by atoms with Crippen LogP contribution in [0, 0.1) is 10.1 Å². The van der Waals surface area contributed by atoms with Gasteiger partial charge in [-0.1, -0.05) is 15.9 Å². The van der Waals surface area contributed by atoms with Gasteiger partial charge in [0, 0.05) is 24.0 Å². The van der Waals surface area contributed by atoms with Crippen LogP contribution in [-0.2, 0) is 0 Å². The van der Waals surface area contributed by atoms with Crippen molar-refractivity contribution in [2.75, 3.05) is 13.1 Å². The molecule has 1 aromatic rings. The lowest BCUT2D eigenvalue weighted by Crippen LogP contribution is -2.38. The molecule has 0 radical (unpaired) electrons. The summed E-state index contributed by atoms with van der Waals surface area (Å²) in [6, 6.07) is 2.77. The molecule has 1 N–H and O–H groups in total. The summed E-state index contributed by atoms with van der Waals surface area (Å²) in [5.74, 6) is -0.318. The van der Waals surface area contributed by atoms with Crippen LogP contribution in [0.15, 0.2) is 12.1 Å². The molecule has 0 aliphatic carbocycles. The van der Waals surface area contributed by atoms with E-state index in [1.165, 1.54) is 12.1 Å². The molecule has 0 aromatic carbocycles. The third kappa shape index (κ3) is 2.66. The predicted octanol–water partition coefficient (Wildman–Crippen LogP) is 1.92. The lowest BCUT2D eigenvalue weighted by molar-refractivity contribution is -0.389. The van der Waals surface area contributed by atoms with Crippen LogP contribution in [0.25, 0.3) is 0 Å². The number of H-pyrrole nitrogens is 1. The monoisotopic (exact) mass is 301 g/mol. The minimum Gasteiger partial charge on any atom is -0.358 e. The van der Waals surface area contributed by atoms with Gasteiger partial charge in [-0.3, -0.25) is 4.79 Å². The molecule has 2 heterocycles. The molecule has 1 aliphatic heterocycles. The maximum Gasteiger partial charge on any atom is 0.321 e. The number of hydrogen-bond donors (Lipinski definition) is 1. The molecule has 1 saturated heterocycles. The van der Waals surface area contributed by atoms with Gasteiger partial charge in [0.25, 0.3) is 5.91 Å². The van der Waals surface area contributed by atoms with Gasteiger partial charge in [-0.15, -0.1) is 0 Å². The Kier molecular flexibility index (Phi) is 3.46. The fourth-order valence-corrected chi connectivity index (χ4v) is 2.25. The van der Waals surface area contributed by atoms with E-state index in [1.807, 2.05) is 0 Å². The second-order valence-electron chi connectivity index (χ2n) is 3.98. The van der Waals surface area contributed by atoms with E-state index in [0.29, 0.717) is 17.9 Å². The van der Waals surface area contributed by atoms with E-state index in [4.69, 9.17) is 0 Å². The van der Waals surface area contributed by atoms with Crippen molar-refractivity contribution in [2.24, 2.45) is 0 Å². The van der Waals surface area contributed by atoms with Gasteiger partial charge in [0.1, 0.15) is 0 Å². The van der Waals surface area contributed by atoms with Gasteiger partial charge in [-0.2, -0.15) is 0 Å². The number of likely N-dealkylation sites (tertiary alicyclic amines) is 1. The number of rotatable bonds is 2. The lowest BCUT2D eigenvalue weighted by atomic mass is 10.1. The summed E-state index contributed by atoms with van der Waals surface area (Å²) in [6.07, 6.45) is 1.82. The van der Waals surface area contributed by atoms with Crippen LogP contribution in [0.1, 0.15) is 23.3 Å². The Morgan fingerprint density at radius 3 is 2.65 bits per heavy atom. The Hall–Kier alpha value is -1.37. The first-order valence-corrected chi connectivity index (χ1v) is 6.26. The van der Waals surface area contributed by atoms with Gasteiger partial charge in [0.2, 0.25) is 0 Å². The average molecular weight is 302 g/mol. The highest BCUT2D eigenvalue weighted by Crippen LogP contribution is 2.19. The number of nitro groups is 1. The summed E-state index contributed by atoms with van der Waals surface area (Å²) in [5, 5.41) is 10.5. The highest BCUT2D eigenvalue weighted by Gasteiger charge is 2.25. The first-order valence-electron chi connectivity index (χ1n) is 5.34. The molecule has 0 bridgehead atoms. The molecule has 0 saturated carbocycles. The number of aromatic amines is 1. The number of nitrogens with one attached hydrogen (secondary N) is 1. The van der Waals surface area contributed by atoms with Gasteiger partial charge in [-0.25, -0.2) is 4.98 Å². The molecule has 0 unspecified atom stereocenters. The summed E-state index contributed by atoms with van der Waals surface area (Å²) in [4.78, 5) is 26.7. The summed E-state index contributed by atoms with van der Waals surface area (Å²) in [5.41, 5.74) is 0.282. The number of hydrogen-bond acceptors (Lipinski definition) is 3. The zero-order chi connectivity index (χ0) is 12.4. The number of piperidine rings is 1. The SMILES string of the molecule is O=C(c1ccc([N+](=O)[O-])[nH]1)N1CCC(Br)CC1. The Bertz CT molecular complexity index is 438. The number of halogens is 1. The Labute approximate surface area is 106 Å². The highest BCUT2D eigenvalue weighted by molar-refractivity contribution is 9.09. The number of alkyl halides is 1. The van der Waals surface area contributed by atoms with Crippen molar-refractivity contribution in [1.29, 1.82) is 0 Å². The van der Waals surface area contributed by atoms with Gasteiger partial charge >= 0.3 is 5.82 Å². The van der Waals surface area contributed by atoms with Crippen LogP contribution in [0.3, 0.4) is 0 Å². The highest BCUT2D eigenvalue weighted by atomic mass is 79.9. The molecular formula is C10H12BrN3O3. The van der Waals surface area contributed by atoms with Crippen LogP contribution in [0.2, 0.25) is 0 Å². The van der Waals surface area contributed by atoms with Crippen molar-refractivity contribution < 1.29 is 9.72 Å². The predicted molar refractivity (Wildman–Crippen MR) is 65.3 cm³/mol. The summed E-state index contributed by atoms with van der Waals surface area (Å²) < 4.78 is 0. The number of amides is 1. The maximum absolute atomic E-state index is 12.0. The molecular weight excluding hydrogens is 290 g/mol. The zero-order valence-corrected chi connectivity index (χ0v) is 10.6. The summed E-state index contributed by atoms with van der Waals surface area (Å²) in [6.45, 7) is 1.36. The van der Waals surface area contributed by atoms with Gasteiger partial charge in [0.05, 0.1) is 0 Å². The number of aromatic nitrogens is 1. The molecule has 1 amide bonds. The smallest absolute Gasteiger partial charge is 0.321 e. The van der Waals surface area contributed by atoms with Gasteiger partial charge < -0.3 is 15.0 Å². The van der Waals surface area contributed by atoms with E-state index in [0.717, 1.165) is 12.8 Å². The molecule has 92 valence electrons. The third-order valence-electron chi connectivity index (χ3n) is 2.81. The number of carbonyl (C=O) groups is 1. The lowest BCUT2D eigenvalue weighted by Gasteiger charge is -2.28. The van der Waals surface area contributed by atoms with E-state index in [1.54, 1.807) is 4.90 Å². The van der Waals surface area contributed by atoms with E-state index in [-0.39, 0.29) is 17.4 Å². The van der Waals surface area contributed by atoms with E-state index in [2.05, 4.69) is 20.9 Å². The normalized spacial score (nSPS) is 17.1. The summed E-state index contributed by atoms with van der Waals surface area (Å²) >= 11 is 3.51. The topological polar surface area (TPSA) is 79.2 Å². The van der Waals surface area contributed by atoms with Crippen molar-refractivity contribution in [3.05, 3.63) is 27.9 Å².